The van der Waals surface area contributed by atoms with E-state index in [-0.39, 0.29) is 17.7 Å². The highest BCUT2D eigenvalue weighted by Gasteiger charge is 2.29. The number of carbonyl (C=O) groups excluding carboxylic acids is 2. The minimum atomic E-state index is 0.0221. The molecule has 2 aromatic rings. The summed E-state index contributed by atoms with van der Waals surface area (Å²) in [6.45, 7) is 7.77. The average Bonchev–Trinajstić information content (AvgIpc) is 3.21. The van der Waals surface area contributed by atoms with Crippen molar-refractivity contribution < 1.29 is 9.59 Å². The van der Waals surface area contributed by atoms with Crippen LogP contribution in [0.25, 0.3) is 0 Å². The zero-order valence-corrected chi connectivity index (χ0v) is 18.6. The van der Waals surface area contributed by atoms with Crippen LogP contribution in [0, 0.1) is 12.8 Å². The molecular weight excluding hydrogens is 396 g/mol. The van der Waals surface area contributed by atoms with Crippen molar-refractivity contribution in [2.45, 2.75) is 46.1 Å². The molecular formula is C23H30N4O2S. The monoisotopic (exact) mass is 426 g/mol. The van der Waals surface area contributed by atoms with E-state index in [0.29, 0.717) is 13.0 Å². The molecule has 0 spiro atoms. The summed E-state index contributed by atoms with van der Waals surface area (Å²) in [7, 11) is 0. The van der Waals surface area contributed by atoms with E-state index in [9.17, 15) is 9.59 Å². The summed E-state index contributed by atoms with van der Waals surface area (Å²) in [6.07, 6.45) is 3.07. The first kappa shape index (κ1) is 20.8. The number of nitrogens with one attached hydrogen (secondary N) is 1. The number of fused-ring (bicyclic) bond motifs is 1. The zero-order valence-electron chi connectivity index (χ0n) is 17.8. The number of benzene rings is 1. The van der Waals surface area contributed by atoms with Crippen molar-refractivity contribution >= 4 is 28.3 Å². The van der Waals surface area contributed by atoms with Gasteiger partial charge in [-0.3, -0.25) is 9.59 Å². The molecule has 0 saturated carbocycles. The largest absolute Gasteiger partial charge is 0.352 e. The average molecular weight is 427 g/mol. The number of carbonyl (C=O) groups is 2. The lowest BCUT2D eigenvalue weighted by Gasteiger charge is -2.34. The molecule has 2 heterocycles. The van der Waals surface area contributed by atoms with E-state index in [1.54, 1.807) is 11.3 Å². The summed E-state index contributed by atoms with van der Waals surface area (Å²) >= 11 is 1.73. The number of amides is 2. The van der Waals surface area contributed by atoms with Gasteiger partial charge < -0.3 is 15.1 Å². The summed E-state index contributed by atoms with van der Waals surface area (Å²) < 4.78 is 0. The number of rotatable bonds is 5. The second-order valence-corrected chi connectivity index (χ2v) is 9.23. The first-order valence-electron chi connectivity index (χ1n) is 10.9. The Hall–Kier alpha value is -2.41. The van der Waals surface area contributed by atoms with E-state index in [0.717, 1.165) is 56.3 Å². The van der Waals surface area contributed by atoms with Gasteiger partial charge in [0, 0.05) is 49.9 Å². The quantitative estimate of drug-likeness (QED) is 0.798. The fourth-order valence-electron chi connectivity index (χ4n) is 4.23. The maximum absolute atomic E-state index is 12.8. The van der Waals surface area contributed by atoms with Gasteiger partial charge >= 0.3 is 0 Å². The Morgan fingerprint density at radius 1 is 1.20 bits per heavy atom. The third-order valence-electron chi connectivity index (χ3n) is 6.22. The van der Waals surface area contributed by atoms with Gasteiger partial charge in [-0.25, -0.2) is 4.98 Å². The number of aromatic nitrogens is 1. The van der Waals surface area contributed by atoms with Gasteiger partial charge in [-0.05, 0) is 37.3 Å². The summed E-state index contributed by atoms with van der Waals surface area (Å²) in [4.78, 5) is 35.0. The molecule has 160 valence electrons. The van der Waals surface area contributed by atoms with E-state index in [1.165, 1.54) is 16.0 Å². The number of anilines is 1. The van der Waals surface area contributed by atoms with Gasteiger partial charge in [-0.1, -0.05) is 31.2 Å². The van der Waals surface area contributed by atoms with Crippen LogP contribution in [0.1, 0.15) is 41.5 Å². The van der Waals surface area contributed by atoms with Crippen LogP contribution in [0.15, 0.2) is 24.3 Å². The van der Waals surface area contributed by atoms with Crippen molar-refractivity contribution in [3.63, 3.8) is 0 Å². The standard InChI is InChI=1S/C23H30N4O2S/c1-3-21(28)26-10-12-27(13-11-26)23-25-19-9-8-17(14-20(19)30-23)22(29)24-15-18-7-5-4-6-16(18)2/h4-7,17H,3,8-15H2,1-2H3,(H,24,29)/t17-/m1/s1. The van der Waals surface area contributed by atoms with Crippen LogP contribution >= 0.6 is 11.3 Å². The van der Waals surface area contributed by atoms with Crippen LogP contribution in [-0.2, 0) is 29.0 Å². The van der Waals surface area contributed by atoms with E-state index >= 15 is 0 Å². The van der Waals surface area contributed by atoms with Crippen molar-refractivity contribution in [1.29, 1.82) is 0 Å². The molecule has 1 N–H and O–H groups in total. The first-order valence-corrected chi connectivity index (χ1v) is 11.7. The van der Waals surface area contributed by atoms with E-state index in [2.05, 4.69) is 29.3 Å². The van der Waals surface area contributed by atoms with E-state index in [1.807, 2.05) is 24.0 Å². The number of thiazole rings is 1. The Labute approximate surface area is 182 Å². The van der Waals surface area contributed by atoms with Crippen molar-refractivity contribution in [2.75, 3.05) is 31.1 Å². The van der Waals surface area contributed by atoms with Gasteiger partial charge in [0.1, 0.15) is 0 Å². The normalized spacial score (nSPS) is 18.8. The van der Waals surface area contributed by atoms with Crippen LogP contribution in [-0.4, -0.2) is 47.9 Å². The van der Waals surface area contributed by atoms with Crippen molar-refractivity contribution in [3.8, 4) is 0 Å². The molecule has 2 aliphatic rings. The molecule has 1 aromatic heterocycles. The van der Waals surface area contributed by atoms with Gasteiger partial charge in [-0.2, -0.15) is 0 Å². The fourth-order valence-corrected chi connectivity index (χ4v) is 5.46. The van der Waals surface area contributed by atoms with Gasteiger partial charge in [0.25, 0.3) is 0 Å². The number of piperazine rings is 1. The third-order valence-corrected chi connectivity index (χ3v) is 7.40. The molecule has 0 bridgehead atoms. The molecule has 1 atom stereocenters. The second-order valence-electron chi connectivity index (χ2n) is 8.17. The second kappa shape index (κ2) is 9.16. The van der Waals surface area contributed by atoms with Crippen molar-refractivity contribution in [3.05, 3.63) is 46.0 Å². The lowest BCUT2D eigenvalue weighted by atomic mass is 9.90. The molecule has 1 aromatic carbocycles. The van der Waals surface area contributed by atoms with Crippen LogP contribution < -0.4 is 10.2 Å². The number of nitrogens with zero attached hydrogens (tertiary/aromatic N) is 3. The molecule has 2 amide bonds. The zero-order chi connectivity index (χ0) is 21.1. The molecule has 6 nitrogen and oxygen atoms in total. The maximum atomic E-state index is 12.8. The van der Waals surface area contributed by atoms with Gasteiger partial charge in [0.05, 0.1) is 5.69 Å². The molecule has 1 saturated heterocycles. The number of aryl methyl sites for hydroxylation is 2. The predicted octanol–water partition coefficient (Wildman–Crippen LogP) is 2.93. The smallest absolute Gasteiger partial charge is 0.223 e. The van der Waals surface area contributed by atoms with Crippen LogP contribution in [0.2, 0.25) is 0 Å². The summed E-state index contributed by atoms with van der Waals surface area (Å²) in [5, 5.41) is 4.17. The van der Waals surface area contributed by atoms with E-state index in [4.69, 9.17) is 4.98 Å². The molecule has 1 aliphatic carbocycles. The Balaban J connectivity index is 1.33. The minimum Gasteiger partial charge on any atom is -0.352 e. The minimum absolute atomic E-state index is 0.0221. The first-order chi connectivity index (χ1) is 14.5. The Bertz CT molecular complexity index is 918. The summed E-state index contributed by atoms with van der Waals surface area (Å²) in [6, 6.07) is 8.17. The fraction of sp³-hybridized carbons (Fsp3) is 0.522. The topological polar surface area (TPSA) is 65.5 Å². The van der Waals surface area contributed by atoms with Crippen LogP contribution in [0.3, 0.4) is 0 Å². The van der Waals surface area contributed by atoms with E-state index < -0.39 is 0 Å². The van der Waals surface area contributed by atoms with Crippen LogP contribution in [0.4, 0.5) is 5.13 Å². The Morgan fingerprint density at radius 3 is 2.70 bits per heavy atom. The highest BCUT2D eigenvalue weighted by molar-refractivity contribution is 7.15. The highest BCUT2D eigenvalue weighted by atomic mass is 32.1. The number of hydrogen-bond donors (Lipinski definition) is 1. The van der Waals surface area contributed by atoms with Gasteiger partial charge in [0.2, 0.25) is 11.8 Å². The predicted molar refractivity (Wildman–Crippen MR) is 120 cm³/mol. The van der Waals surface area contributed by atoms with Gasteiger partial charge in [-0.15, -0.1) is 11.3 Å². The molecule has 1 aliphatic heterocycles. The molecule has 7 heteroatoms. The Kier molecular flexibility index (Phi) is 6.37. The molecule has 0 unspecified atom stereocenters. The van der Waals surface area contributed by atoms with Crippen molar-refractivity contribution in [2.24, 2.45) is 5.92 Å². The molecule has 1 fully saturated rings. The molecule has 30 heavy (non-hydrogen) atoms. The molecule has 4 rings (SSSR count). The summed E-state index contributed by atoms with van der Waals surface area (Å²) in [5.74, 6) is 0.395. The van der Waals surface area contributed by atoms with Crippen molar-refractivity contribution in [1.82, 2.24) is 15.2 Å². The van der Waals surface area contributed by atoms with Crippen LogP contribution in [0.5, 0.6) is 0 Å². The number of hydrogen-bond acceptors (Lipinski definition) is 5. The Morgan fingerprint density at radius 2 is 1.97 bits per heavy atom. The lowest BCUT2D eigenvalue weighted by Crippen LogP contribution is -2.48. The third kappa shape index (κ3) is 4.51. The summed E-state index contributed by atoms with van der Waals surface area (Å²) in [5.41, 5.74) is 3.53. The highest BCUT2D eigenvalue weighted by Crippen LogP contribution is 2.34. The lowest BCUT2D eigenvalue weighted by molar-refractivity contribution is -0.131. The molecule has 0 radical (unpaired) electrons. The van der Waals surface area contributed by atoms with Gasteiger partial charge in [0.15, 0.2) is 5.13 Å². The SMILES string of the molecule is CCC(=O)N1CCN(c2nc3c(s2)C[C@H](C(=O)NCc2ccccc2C)CC3)CC1. The maximum Gasteiger partial charge on any atom is 0.223 e.